The van der Waals surface area contributed by atoms with Crippen LogP contribution in [0.3, 0.4) is 0 Å². The number of hydrogen-bond donors (Lipinski definition) is 1. The number of amides is 1. The molecule has 0 atom stereocenters. The number of anilines is 1. The third-order valence-electron chi connectivity index (χ3n) is 5.18. The molecule has 7 nitrogen and oxygen atoms in total. The van der Waals surface area contributed by atoms with E-state index in [1.54, 1.807) is 22.9 Å². The molecule has 0 saturated carbocycles. The molecule has 3 aromatic carbocycles. The van der Waals surface area contributed by atoms with Crippen LogP contribution in [0, 0.1) is 6.92 Å². The minimum atomic E-state index is -0.288. The zero-order valence-electron chi connectivity index (χ0n) is 19.2. The van der Waals surface area contributed by atoms with Gasteiger partial charge in [-0.05, 0) is 48.9 Å². The van der Waals surface area contributed by atoms with Crippen molar-refractivity contribution in [3.63, 3.8) is 0 Å². The van der Waals surface area contributed by atoms with Crippen LogP contribution in [0.15, 0.2) is 87.8 Å². The third kappa shape index (κ3) is 5.35. The van der Waals surface area contributed by atoms with Crippen LogP contribution in [-0.4, -0.2) is 41.5 Å². The summed E-state index contributed by atoms with van der Waals surface area (Å²) in [6, 6.07) is 22.7. The minimum absolute atomic E-state index is 0.0630. The SMILES string of the molecule is Cc1ccc(-n2c(SCC(=O)NN=Cc3ccc(N(C)C)cc3)nc3ccccc3c2=O)cc1. The van der Waals surface area contributed by atoms with Crippen molar-refractivity contribution in [1.82, 2.24) is 15.0 Å². The maximum Gasteiger partial charge on any atom is 0.266 e. The Morgan fingerprint density at radius 3 is 2.47 bits per heavy atom. The van der Waals surface area contributed by atoms with Gasteiger partial charge in [-0.15, -0.1) is 0 Å². The number of thioether (sulfide) groups is 1. The number of nitrogens with one attached hydrogen (secondary N) is 1. The predicted molar refractivity (Wildman–Crippen MR) is 139 cm³/mol. The molecule has 0 unspecified atom stereocenters. The number of nitrogens with zero attached hydrogens (tertiary/aromatic N) is 4. The molecule has 0 saturated heterocycles. The highest BCUT2D eigenvalue weighted by Crippen LogP contribution is 2.21. The molecule has 0 aliphatic rings. The first-order valence-electron chi connectivity index (χ1n) is 10.7. The quantitative estimate of drug-likeness (QED) is 0.191. The Hall–Kier alpha value is -3.91. The minimum Gasteiger partial charge on any atom is -0.378 e. The summed E-state index contributed by atoms with van der Waals surface area (Å²) < 4.78 is 1.55. The van der Waals surface area contributed by atoms with E-state index in [1.807, 2.05) is 86.6 Å². The van der Waals surface area contributed by atoms with E-state index >= 15 is 0 Å². The molecule has 1 aromatic heterocycles. The predicted octanol–water partition coefficient (Wildman–Crippen LogP) is 4.00. The van der Waals surface area contributed by atoms with Crippen molar-refractivity contribution in [2.75, 3.05) is 24.7 Å². The first kappa shape index (κ1) is 23.3. The fraction of sp³-hybridized carbons (Fsp3) is 0.154. The van der Waals surface area contributed by atoms with E-state index < -0.39 is 0 Å². The highest BCUT2D eigenvalue weighted by atomic mass is 32.2. The van der Waals surface area contributed by atoms with Crippen LogP contribution in [0.4, 0.5) is 5.69 Å². The van der Waals surface area contributed by atoms with Gasteiger partial charge in [-0.25, -0.2) is 10.4 Å². The van der Waals surface area contributed by atoms with Gasteiger partial charge < -0.3 is 4.90 Å². The lowest BCUT2D eigenvalue weighted by atomic mass is 10.2. The van der Waals surface area contributed by atoms with E-state index in [1.165, 1.54) is 11.8 Å². The second kappa shape index (κ2) is 10.4. The molecular weight excluding hydrogens is 446 g/mol. The lowest BCUT2D eigenvalue weighted by Gasteiger charge is -2.13. The van der Waals surface area contributed by atoms with Gasteiger partial charge in [0.25, 0.3) is 11.5 Å². The summed E-state index contributed by atoms with van der Waals surface area (Å²) in [6.45, 7) is 1.99. The van der Waals surface area contributed by atoms with Gasteiger partial charge in [0.1, 0.15) is 0 Å². The second-order valence-corrected chi connectivity index (χ2v) is 8.90. The average Bonchev–Trinajstić information content (AvgIpc) is 2.84. The molecule has 1 heterocycles. The molecule has 0 fully saturated rings. The number of hydrogen-bond acceptors (Lipinski definition) is 6. The number of hydrazone groups is 1. The van der Waals surface area contributed by atoms with Crippen molar-refractivity contribution in [2.45, 2.75) is 12.1 Å². The molecular formula is C26H25N5O2S. The topological polar surface area (TPSA) is 79.6 Å². The van der Waals surface area contributed by atoms with Crippen LogP contribution in [-0.2, 0) is 4.79 Å². The molecule has 1 N–H and O–H groups in total. The van der Waals surface area contributed by atoms with Gasteiger partial charge in [-0.1, -0.05) is 53.7 Å². The Morgan fingerprint density at radius 2 is 1.76 bits per heavy atom. The lowest BCUT2D eigenvalue weighted by molar-refractivity contribution is -0.118. The number of rotatable bonds is 7. The van der Waals surface area contributed by atoms with E-state index in [4.69, 9.17) is 0 Å². The van der Waals surface area contributed by atoms with Crippen LogP contribution < -0.4 is 15.9 Å². The van der Waals surface area contributed by atoms with E-state index in [0.29, 0.717) is 21.7 Å². The van der Waals surface area contributed by atoms with Gasteiger partial charge >= 0.3 is 0 Å². The molecule has 0 aliphatic heterocycles. The fourth-order valence-corrected chi connectivity index (χ4v) is 4.14. The van der Waals surface area contributed by atoms with Crippen LogP contribution >= 0.6 is 11.8 Å². The number of benzene rings is 3. The molecule has 0 bridgehead atoms. The van der Waals surface area contributed by atoms with Gasteiger partial charge in [-0.2, -0.15) is 5.10 Å². The monoisotopic (exact) mass is 471 g/mol. The van der Waals surface area contributed by atoms with E-state index in [9.17, 15) is 9.59 Å². The number of carbonyl (C=O) groups excluding carboxylic acids is 1. The summed E-state index contributed by atoms with van der Waals surface area (Å²) in [6.07, 6.45) is 1.60. The lowest BCUT2D eigenvalue weighted by Crippen LogP contribution is -2.24. The average molecular weight is 472 g/mol. The second-order valence-electron chi connectivity index (χ2n) is 7.96. The number of fused-ring (bicyclic) bond motifs is 1. The van der Waals surface area contributed by atoms with Crippen LogP contribution in [0.25, 0.3) is 16.6 Å². The van der Waals surface area contributed by atoms with Crippen LogP contribution in [0.1, 0.15) is 11.1 Å². The first-order valence-corrected chi connectivity index (χ1v) is 11.7. The molecule has 172 valence electrons. The smallest absolute Gasteiger partial charge is 0.266 e. The molecule has 0 aliphatic carbocycles. The maximum atomic E-state index is 13.3. The molecule has 4 aromatic rings. The van der Waals surface area contributed by atoms with Gasteiger partial charge in [0.2, 0.25) is 0 Å². The van der Waals surface area contributed by atoms with E-state index in [2.05, 4.69) is 15.5 Å². The van der Waals surface area contributed by atoms with Crippen molar-refractivity contribution in [1.29, 1.82) is 0 Å². The number of aryl methyl sites for hydroxylation is 1. The number of carbonyl (C=O) groups is 1. The van der Waals surface area contributed by atoms with Crippen molar-refractivity contribution in [3.8, 4) is 5.69 Å². The number of aromatic nitrogens is 2. The van der Waals surface area contributed by atoms with Crippen molar-refractivity contribution >= 4 is 40.5 Å². The van der Waals surface area contributed by atoms with Gasteiger partial charge in [0.15, 0.2) is 5.16 Å². The van der Waals surface area contributed by atoms with Crippen molar-refractivity contribution in [2.24, 2.45) is 5.10 Å². The zero-order chi connectivity index (χ0) is 24.1. The zero-order valence-corrected chi connectivity index (χ0v) is 20.0. The normalized spacial score (nSPS) is 11.1. The Labute approximate surface area is 202 Å². The van der Waals surface area contributed by atoms with Gasteiger partial charge in [0.05, 0.1) is 28.6 Å². The highest BCUT2D eigenvalue weighted by Gasteiger charge is 2.14. The largest absolute Gasteiger partial charge is 0.378 e. The summed E-state index contributed by atoms with van der Waals surface area (Å²) in [5.74, 6) is -0.225. The molecule has 0 radical (unpaired) electrons. The first-order chi connectivity index (χ1) is 16.4. The van der Waals surface area contributed by atoms with E-state index in [0.717, 1.165) is 16.8 Å². The van der Waals surface area contributed by atoms with Gasteiger partial charge in [-0.3, -0.25) is 14.2 Å². The molecule has 1 amide bonds. The summed E-state index contributed by atoms with van der Waals surface area (Å²) >= 11 is 1.20. The van der Waals surface area contributed by atoms with Crippen molar-refractivity contribution in [3.05, 3.63) is 94.3 Å². The maximum absolute atomic E-state index is 13.3. The molecule has 4 rings (SSSR count). The molecule has 8 heteroatoms. The standard InChI is InChI=1S/C26H25N5O2S/c1-18-8-12-21(13-9-18)31-25(33)22-6-4-5-7-23(22)28-26(31)34-17-24(32)29-27-16-19-10-14-20(15-11-19)30(2)3/h4-16H,17H2,1-3H3,(H,29,32). The Bertz CT molecular complexity index is 1390. The van der Waals surface area contributed by atoms with Gasteiger partial charge in [0, 0.05) is 19.8 Å². The highest BCUT2D eigenvalue weighted by molar-refractivity contribution is 7.99. The fourth-order valence-electron chi connectivity index (χ4n) is 3.33. The van der Waals surface area contributed by atoms with Crippen LogP contribution in [0.5, 0.6) is 0 Å². The number of para-hydroxylation sites is 1. The van der Waals surface area contributed by atoms with E-state index in [-0.39, 0.29) is 17.2 Å². The Balaban J connectivity index is 1.51. The van der Waals surface area contributed by atoms with Crippen molar-refractivity contribution < 1.29 is 4.79 Å². The molecule has 0 spiro atoms. The third-order valence-corrected chi connectivity index (χ3v) is 6.12. The Kier molecular flexibility index (Phi) is 7.08. The summed E-state index contributed by atoms with van der Waals surface area (Å²) in [4.78, 5) is 32.4. The summed E-state index contributed by atoms with van der Waals surface area (Å²) in [5, 5.41) is 5.03. The summed E-state index contributed by atoms with van der Waals surface area (Å²) in [7, 11) is 3.95. The van der Waals surface area contributed by atoms with Crippen LogP contribution in [0.2, 0.25) is 0 Å². The Morgan fingerprint density at radius 1 is 1.06 bits per heavy atom. The molecule has 34 heavy (non-hydrogen) atoms. The summed E-state index contributed by atoms with van der Waals surface area (Å²) in [5.41, 5.74) is 6.72.